The summed E-state index contributed by atoms with van der Waals surface area (Å²) in [4.78, 5) is 9.94. The third kappa shape index (κ3) is 7.29. The van der Waals surface area contributed by atoms with Crippen molar-refractivity contribution in [3.63, 3.8) is 0 Å². The molecule has 0 saturated heterocycles. The van der Waals surface area contributed by atoms with E-state index in [0.717, 1.165) is 0 Å². The zero-order valence-electron chi connectivity index (χ0n) is 18.4. The number of benzene rings is 3. The first-order chi connectivity index (χ1) is 17.2. The van der Waals surface area contributed by atoms with Crippen LogP contribution in [0.5, 0.6) is 11.5 Å². The molecule has 0 heterocycles. The maximum absolute atomic E-state index is 13.0. The van der Waals surface area contributed by atoms with Crippen LogP contribution < -0.4 is 14.2 Å². The molecule has 0 atom stereocenters. The number of halogens is 6. The first-order valence-corrected chi connectivity index (χ1v) is 11.7. The van der Waals surface area contributed by atoms with Gasteiger partial charge in [-0.25, -0.2) is 13.2 Å². The number of carbonyl (C=O) groups is 1. The van der Waals surface area contributed by atoms with Crippen LogP contribution in [0.4, 0.5) is 32.0 Å². The third-order valence-corrected chi connectivity index (χ3v) is 6.07. The fourth-order valence-electron chi connectivity index (χ4n) is 3.00. The summed E-state index contributed by atoms with van der Waals surface area (Å²) in [6.45, 7) is -0.0563. The number of ether oxygens (including phenoxy) is 2. The van der Waals surface area contributed by atoms with Crippen LogP contribution in [-0.2, 0) is 22.4 Å². The average Bonchev–Trinajstić information content (AvgIpc) is 2.81. The van der Waals surface area contributed by atoms with Crippen molar-refractivity contribution in [2.75, 3.05) is 17.9 Å². The van der Waals surface area contributed by atoms with Gasteiger partial charge in [0.25, 0.3) is 10.0 Å². The number of sulfonamides is 1. The first-order valence-electron chi connectivity index (χ1n) is 10.2. The fourth-order valence-corrected chi connectivity index (χ4v) is 4.12. The molecule has 0 bridgehead atoms. The molecular weight excluding hydrogens is 532 g/mol. The van der Waals surface area contributed by atoms with Gasteiger partial charge in [0.05, 0.1) is 16.0 Å². The van der Waals surface area contributed by atoms with Crippen LogP contribution in [0, 0.1) is 0 Å². The lowest BCUT2D eigenvalue weighted by molar-refractivity contribution is -0.143. The maximum Gasteiger partial charge on any atom is 0.416 e. The first kappa shape index (κ1) is 27.6. The summed E-state index contributed by atoms with van der Waals surface area (Å²) in [6, 6.07) is 11.0. The van der Waals surface area contributed by atoms with Gasteiger partial charge < -0.3 is 14.6 Å². The van der Waals surface area contributed by atoms with Crippen molar-refractivity contribution in [1.82, 2.24) is 0 Å². The van der Waals surface area contributed by atoms with E-state index in [1.165, 1.54) is 42.5 Å². The van der Waals surface area contributed by atoms with E-state index in [2.05, 4.69) is 0 Å². The van der Waals surface area contributed by atoms with Crippen molar-refractivity contribution in [3.05, 3.63) is 83.4 Å². The van der Waals surface area contributed by atoms with Crippen molar-refractivity contribution < 1.29 is 54.1 Å². The van der Waals surface area contributed by atoms with Crippen LogP contribution in [-0.4, -0.2) is 32.7 Å². The van der Waals surface area contributed by atoms with Gasteiger partial charge in [-0.2, -0.15) is 26.3 Å². The summed E-state index contributed by atoms with van der Waals surface area (Å²) in [7, 11) is -4.81. The Labute approximate surface area is 206 Å². The third-order valence-electron chi connectivity index (χ3n) is 4.71. The molecule has 7 nitrogen and oxygen atoms in total. The molecule has 0 saturated carbocycles. The predicted molar refractivity (Wildman–Crippen MR) is 118 cm³/mol. The average molecular weight is 549 g/mol. The monoisotopic (exact) mass is 549 g/mol. The molecule has 37 heavy (non-hydrogen) atoms. The molecule has 3 aromatic rings. The van der Waals surface area contributed by atoms with E-state index in [4.69, 9.17) is 14.6 Å². The Morgan fingerprint density at radius 1 is 0.811 bits per heavy atom. The Morgan fingerprint density at radius 2 is 1.35 bits per heavy atom. The Balaban J connectivity index is 1.67. The number of alkyl halides is 6. The van der Waals surface area contributed by atoms with Crippen molar-refractivity contribution in [1.29, 1.82) is 0 Å². The maximum atomic E-state index is 13.0. The lowest BCUT2D eigenvalue weighted by Gasteiger charge is -2.15. The SMILES string of the molecule is O=C(O)c1ccccc1OCCOc1ccc(NS(=O)(=O)c2cc(C(F)(F)F)cc(C(F)(F)F)c2)cc1. The number of nitrogens with one attached hydrogen (secondary N) is 1. The molecule has 0 unspecified atom stereocenters. The lowest BCUT2D eigenvalue weighted by Crippen LogP contribution is -2.17. The molecule has 0 amide bonds. The van der Waals surface area contributed by atoms with Crippen molar-refractivity contribution in [3.8, 4) is 11.5 Å². The molecule has 0 radical (unpaired) electrons. The molecule has 0 aliphatic carbocycles. The van der Waals surface area contributed by atoms with E-state index in [0.29, 0.717) is 0 Å². The van der Waals surface area contributed by atoms with Crippen molar-refractivity contribution >= 4 is 21.7 Å². The minimum atomic E-state index is -5.20. The minimum Gasteiger partial charge on any atom is -0.490 e. The highest BCUT2D eigenvalue weighted by molar-refractivity contribution is 7.92. The van der Waals surface area contributed by atoms with Gasteiger partial charge in [-0.05, 0) is 54.6 Å². The summed E-state index contributed by atoms with van der Waals surface area (Å²) >= 11 is 0. The Hall–Kier alpha value is -3.94. The number of hydrogen-bond donors (Lipinski definition) is 2. The normalized spacial score (nSPS) is 12.2. The van der Waals surface area contributed by atoms with Crippen LogP contribution in [0.15, 0.2) is 71.6 Å². The van der Waals surface area contributed by atoms with E-state index < -0.39 is 44.4 Å². The predicted octanol–water partition coefficient (Wildman–Crippen LogP) is 5.68. The second-order valence-corrected chi connectivity index (χ2v) is 9.05. The number of para-hydroxylation sites is 1. The van der Waals surface area contributed by atoms with Gasteiger partial charge >= 0.3 is 18.3 Å². The molecule has 2 N–H and O–H groups in total. The number of hydrogen-bond acceptors (Lipinski definition) is 5. The molecule has 0 fully saturated rings. The highest BCUT2D eigenvalue weighted by atomic mass is 32.2. The van der Waals surface area contributed by atoms with Gasteiger partial charge in [-0.3, -0.25) is 4.72 Å². The summed E-state index contributed by atoms with van der Waals surface area (Å²) < 4.78 is 116. The molecule has 0 aliphatic heterocycles. The summed E-state index contributed by atoms with van der Waals surface area (Å²) in [5, 5.41) is 9.12. The van der Waals surface area contributed by atoms with Crippen molar-refractivity contribution in [2.45, 2.75) is 17.2 Å². The van der Waals surface area contributed by atoms with Gasteiger partial charge in [-0.1, -0.05) is 12.1 Å². The molecule has 3 rings (SSSR count). The Bertz CT molecular complexity index is 1340. The smallest absolute Gasteiger partial charge is 0.416 e. The summed E-state index contributed by atoms with van der Waals surface area (Å²) in [6.07, 6.45) is -10.4. The highest BCUT2D eigenvalue weighted by Gasteiger charge is 2.38. The van der Waals surface area contributed by atoms with Gasteiger partial charge in [0.1, 0.15) is 30.3 Å². The van der Waals surface area contributed by atoms with E-state index >= 15 is 0 Å². The number of carboxylic acids is 1. The Kier molecular flexibility index (Phi) is 7.91. The lowest BCUT2D eigenvalue weighted by atomic mass is 10.1. The number of anilines is 1. The molecule has 198 valence electrons. The van der Waals surface area contributed by atoms with Gasteiger partial charge in [0.2, 0.25) is 0 Å². The summed E-state index contributed by atoms with van der Waals surface area (Å²) in [5.41, 5.74) is -3.72. The second-order valence-electron chi connectivity index (χ2n) is 7.37. The fraction of sp³-hybridized carbons (Fsp3) is 0.174. The zero-order valence-corrected chi connectivity index (χ0v) is 19.2. The van der Waals surface area contributed by atoms with E-state index in [1.54, 1.807) is 6.07 Å². The van der Waals surface area contributed by atoms with Crippen molar-refractivity contribution in [2.24, 2.45) is 0 Å². The number of carboxylic acid groups (broad SMARTS) is 1. The minimum absolute atomic E-state index is 0.0243. The number of rotatable bonds is 9. The molecule has 0 aliphatic rings. The van der Waals surface area contributed by atoms with Gasteiger partial charge in [0, 0.05) is 5.69 Å². The largest absolute Gasteiger partial charge is 0.490 e. The zero-order chi connectivity index (χ0) is 27.4. The standard InChI is InChI=1S/C23H17F6NO6S/c24-22(25,26)14-11-15(23(27,28)29)13-18(12-14)37(33,34)30-16-5-7-17(8-6-16)35-9-10-36-20-4-2-1-3-19(20)21(31)32/h1-8,11-13,30H,9-10H2,(H,31,32). The second kappa shape index (κ2) is 10.6. The van der Waals surface area contributed by atoms with Crippen LogP contribution in [0.1, 0.15) is 21.5 Å². The Morgan fingerprint density at radius 3 is 1.89 bits per heavy atom. The van der Waals surface area contributed by atoms with Crippen LogP contribution in [0.3, 0.4) is 0 Å². The number of aromatic carboxylic acids is 1. The van der Waals surface area contributed by atoms with Gasteiger partial charge in [-0.15, -0.1) is 0 Å². The van der Waals surface area contributed by atoms with Crippen LogP contribution in [0.25, 0.3) is 0 Å². The van der Waals surface area contributed by atoms with Crippen LogP contribution in [0.2, 0.25) is 0 Å². The molecule has 14 heteroatoms. The van der Waals surface area contributed by atoms with E-state index in [-0.39, 0.29) is 54.2 Å². The summed E-state index contributed by atoms with van der Waals surface area (Å²) in [5.74, 6) is -0.808. The molecule has 0 spiro atoms. The van der Waals surface area contributed by atoms with E-state index in [1.807, 2.05) is 4.72 Å². The molecule has 0 aromatic heterocycles. The molecule has 3 aromatic carbocycles. The van der Waals surface area contributed by atoms with E-state index in [9.17, 15) is 39.6 Å². The van der Waals surface area contributed by atoms with Gasteiger partial charge in [0.15, 0.2) is 0 Å². The highest BCUT2D eigenvalue weighted by Crippen LogP contribution is 2.37. The quantitative estimate of drug-likeness (QED) is 0.263. The van der Waals surface area contributed by atoms with Crippen LogP contribution >= 0.6 is 0 Å². The topological polar surface area (TPSA) is 102 Å². The molecular formula is C23H17F6NO6S.